The molecule has 2 aliphatic rings. The van der Waals surface area contributed by atoms with E-state index in [-0.39, 0.29) is 18.0 Å². The molecule has 1 saturated carbocycles. The van der Waals surface area contributed by atoms with Crippen LogP contribution in [0.25, 0.3) is 0 Å². The fourth-order valence-corrected chi connectivity index (χ4v) is 1.57. The van der Waals surface area contributed by atoms with Crippen LogP contribution >= 0.6 is 0 Å². The van der Waals surface area contributed by atoms with Crippen molar-refractivity contribution in [3.63, 3.8) is 0 Å². The lowest BCUT2D eigenvalue weighted by atomic mass is 10.2. The van der Waals surface area contributed by atoms with Gasteiger partial charge in [-0.1, -0.05) is 0 Å². The SMILES string of the molecule is CN1CCC(NC(=O)NC2CC2)C1=O. The summed E-state index contributed by atoms with van der Waals surface area (Å²) in [5.74, 6) is 0.0101. The summed E-state index contributed by atoms with van der Waals surface area (Å²) in [6.45, 7) is 0.729. The third kappa shape index (κ3) is 1.97. The van der Waals surface area contributed by atoms with Gasteiger partial charge in [-0.05, 0) is 19.3 Å². The maximum Gasteiger partial charge on any atom is 0.315 e. The van der Waals surface area contributed by atoms with Crippen molar-refractivity contribution in [1.82, 2.24) is 15.5 Å². The summed E-state index contributed by atoms with van der Waals surface area (Å²) in [7, 11) is 1.75. The Kier molecular flexibility index (Phi) is 2.31. The van der Waals surface area contributed by atoms with Crippen LogP contribution in [0.4, 0.5) is 4.79 Å². The van der Waals surface area contributed by atoms with Gasteiger partial charge in [0.2, 0.25) is 5.91 Å². The van der Waals surface area contributed by atoms with Crippen molar-refractivity contribution in [2.24, 2.45) is 0 Å². The van der Waals surface area contributed by atoms with Gasteiger partial charge in [0.1, 0.15) is 6.04 Å². The summed E-state index contributed by atoms with van der Waals surface area (Å²) in [4.78, 5) is 24.4. The average Bonchev–Trinajstić information content (AvgIpc) is 2.89. The molecule has 0 spiro atoms. The van der Waals surface area contributed by atoms with E-state index in [1.807, 2.05) is 0 Å². The van der Waals surface area contributed by atoms with Gasteiger partial charge in [-0.15, -0.1) is 0 Å². The fourth-order valence-electron chi connectivity index (χ4n) is 1.57. The predicted octanol–water partition coefficient (Wildman–Crippen LogP) is -0.321. The first-order chi connectivity index (χ1) is 6.66. The zero-order chi connectivity index (χ0) is 10.1. The molecule has 14 heavy (non-hydrogen) atoms. The van der Waals surface area contributed by atoms with E-state index in [1.165, 1.54) is 0 Å². The van der Waals surface area contributed by atoms with Crippen molar-refractivity contribution in [3.05, 3.63) is 0 Å². The molecule has 5 heteroatoms. The van der Waals surface area contributed by atoms with Crippen LogP contribution < -0.4 is 10.6 Å². The number of hydrogen-bond acceptors (Lipinski definition) is 2. The third-order valence-corrected chi connectivity index (χ3v) is 2.65. The molecule has 0 bridgehead atoms. The first-order valence-electron chi connectivity index (χ1n) is 4.99. The van der Waals surface area contributed by atoms with E-state index in [0.717, 1.165) is 19.4 Å². The Labute approximate surface area is 82.8 Å². The summed E-state index contributed by atoms with van der Waals surface area (Å²) >= 11 is 0. The van der Waals surface area contributed by atoms with Gasteiger partial charge in [0.25, 0.3) is 0 Å². The molecule has 2 rings (SSSR count). The summed E-state index contributed by atoms with van der Waals surface area (Å²) in [5.41, 5.74) is 0. The molecular weight excluding hydrogens is 182 g/mol. The largest absolute Gasteiger partial charge is 0.344 e. The number of nitrogens with one attached hydrogen (secondary N) is 2. The van der Waals surface area contributed by atoms with Crippen molar-refractivity contribution in [2.75, 3.05) is 13.6 Å². The second-order valence-electron chi connectivity index (χ2n) is 3.99. The highest BCUT2D eigenvalue weighted by Crippen LogP contribution is 2.18. The monoisotopic (exact) mass is 197 g/mol. The highest BCUT2D eigenvalue weighted by atomic mass is 16.2. The van der Waals surface area contributed by atoms with Crippen LogP contribution in [-0.4, -0.2) is 42.5 Å². The van der Waals surface area contributed by atoms with E-state index in [4.69, 9.17) is 0 Å². The Balaban J connectivity index is 1.78. The van der Waals surface area contributed by atoms with Crippen LogP contribution in [0, 0.1) is 0 Å². The van der Waals surface area contributed by atoms with Crippen molar-refractivity contribution >= 4 is 11.9 Å². The molecule has 1 unspecified atom stereocenters. The van der Waals surface area contributed by atoms with Crippen LogP contribution in [-0.2, 0) is 4.79 Å². The minimum atomic E-state index is -0.321. The molecule has 3 amide bonds. The Hall–Kier alpha value is -1.26. The number of urea groups is 1. The third-order valence-electron chi connectivity index (χ3n) is 2.65. The standard InChI is InChI=1S/C9H15N3O2/c1-12-5-4-7(8(12)13)11-9(14)10-6-2-3-6/h6-7H,2-5H2,1H3,(H2,10,11,14). The van der Waals surface area contributed by atoms with E-state index in [1.54, 1.807) is 11.9 Å². The Morgan fingerprint density at radius 1 is 1.36 bits per heavy atom. The van der Waals surface area contributed by atoms with Gasteiger partial charge in [-0.3, -0.25) is 4.79 Å². The highest BCUT2D eigenvalue weighted by molar-refractivity contribution is 5.88. The normalized spacial score (nSPS) is 26.5. The Morgan fingerprint density at radius 3 is 2.57 bits per heavy atom. The van der Waals surface area contributed by atoms with E-state index in [0.29, 0.717) is 12.5 Å². The number of carbonyl (C=O) groups excluding carboxylic acids is 2. The molecule has 1 aliphatic heterocycles. The second kappa shape index (κ2) is 3.48. The van der Waals surface area contributed by atoms with Gasteiger partial charge < -0.3 is 15.5 Å². The lowest BCUT2D eigenvalue weighted by molar-refractivity contribution is -0.128. The van der Waals surface area contributed by atoms with Gasteiger partial charge in [-0.25, -0.2) is 4.79 Å². The van der Waals surface area contributed by atoms with Crippen LogP contribution in [0.2, 0.25) is 0 Å². The Bertz CT molecular complexity index is 263. The number of nitrogens with zero attached hydrogens (tertiary/aromatic N) is 1. The van der Waals surface area contributed by atoms with E-state index in [9.17, 15) is 9.59 Å². The number of rotatable bonds is 2. The first-order valence-corrected chi connectivity index (χ1v) is 4.99. The van der Waals surface area contributed by atoms with Crippen molar-refractivity contribution in [3.8, 4) is 0 Å². The van der Waals surface area contributed by atoms with E-state index >= 15 is 0 Å². The summed E-state index contributed by atoms with van der Waals surface area (Å²) < 4.78 is 0. The topological polar surface area (TPSA) is 61.4 Å². The minimum Gasteiger partial charge on any atom is -0.344 e. The molecule has 0 aromatic carbocycles. The molecule has 0 aromatic rings. The lowest BCUT2D eigenvalue weighted by Gasteiger charge is -2.12. The molecule has 1 saturated heterocycles. The number of carbonyl (C=O) groups is 2. The zero-order valence-corrected chi connectivity index (χ0v) is 8.25. The van der Waals surface area contributed by atoms with Crippen molar-refractivity contribution in [1.29, 1.82) is 0 Å². The second-order valence-corrected chi connectivity index (χ2v) is 3.99. The van der Waals surface area contributed by atoms with Crippen molar-refractivity contribution in [2.45, 2.75) is 31.3 Å². The van der Waals surface area contributed by atoms with E-state index < -0.39 is 0 Å². The van der Waals surface area contributed by atoms with Crippen LogP contribution in [0.1, 0.15) is 19.3 Å². The molecular formula is C9H15N3O2. The first kappa shape index (κ1) is 9.30. The predicted molar refractivity (Wildman–Crippen MR) is 50.7 cm³/mol. The molecule has 2 fully saturated rings. The number of hydrogen-bond donors (Lipinski definition) is 2. The Morgan fingerprint density at radius 2 is 2.07 bits per heavy atom. The molecule has 1 aliphatic carbocycles. The van der Waals surface area contributed by atoms with Crippen LogP contribution in [0.3, 0.4) is 0 Å². The smallest absolute Gasteiger partial charge is 0.315 e. The molecule has 0 radical (unpaired) electrons. The van der Waals surface area contributed by atoms with Gasteiger partial charge in [0.05, 0.1) is 0 Å². The molecule has 0 aromatic heterocycles. The molecule has 2 N–H and O–H groups in total. The zero-order valence-electron chi connectivity index (χ0n) is 8.25. The summed E-state index contributed by atoms with van der Waals surface area (Å²) in [5, 5.41) is 5.48. The molecule has 1 heterocycles. The van der Waals surface area contributed by atoms with Crippen molar-refractivity contribution < 1.29 is 9.59 Å². The maximum atomic E-state index is 11.4. The summed E-state index contributed by atoms with van der Waals surface area (Å²) in [6, 6.07) is -0.191. The average molecular weight is 197 g/mol. The lowest BCUT2D eigenvalue weighted by Crippen LogP contribution is -2.46. The maximum absolute atomic E-state index is 11.4. The molecule has 1 atom stereocenters. The van der Waals surface area contributed by atoms with Gasteiger partial charge in [0.15, 0.2) is 0 Å². The number of likely N-dealkylation sites (tertiary alicyclic amines) is 1. The number of amides is 3. The number of likely N-dealkylation sites (N-methyl/N-ethyl adjacent to an activating group) is 1. The van der Waals surface area contributed by atoms with Gasteiger partial charge in [-0.2, -0.15) is 0 Å². The quantitative estimate of drug-likeness (QED) is 0.637. The van der Waals surface area contributed by atoms with Crippen LogP contribution in [0.5, 0.6) is 0 Å². The van der Waals surface area contributed by atoms with Gasteiger partial charge >= 0.3 is 6.03 Å². The highest BCUT2D eigenvalue weighted by Gasteiger charge is 2.31. The minimum absolute atomic E-state index is 0.0101. The fraction of sp³-hybridized carbons (Fsp3) is 0.778. The summed E-state index contributed by atoms with van der Waals surface area (Å²) in [6.07, 6.45) is 2.84. The van der Waals surface area contributed by atoms with E-state index in [2.05, 4.69) is 10.6 Å². The molecule has 5 nitrogen and oxygen atoms in total. The van der Waals surface area contributed by atoms with Gasteiger partial charge in [0, 0.05) is 19.6 Å². The van der Waals surface area contributed by atoms with Crippen LogP contribution in [0.15, 0.2) is 0 Å². The molecule has 78 valence electrons.